The molecule has 2 heterocycles. The lowest BCUT2D eigenvalue weighted by molar-refractivity contribution is 0.949. The van der Waals surface area contributed by atoms with Crippen LogP contribution in [0.3, 0.4) is 0 Å². The number of hydrogen-bond donors (Lipinski definition) is 0. The molecule has 1 aliphatic heterocycles. The van der Waals surface area contributed by atoms with Gasteiger partial charge in [0.2, 0.25) is 0 Å². The van der Waals surface area contributed by atoms with Crippen molar-refractivity contribution in [2.75, 3.05) is 18.0 Å². The van der Waals surface area contributed by atoms with Crippen LogP contribution in [0.25, 0.3) is 0 Å². The average Bonchev–Trinajstić information content (AvgIpc) is 2.94. The van der Waals surface area contributed by atoms with Crippen LogP contribution < -0.4 is 4.90 Å². The van der Waals surface area contributed by atoms with Gasteiger partial charge in [-0.1, -0.05) is 13.8 Å². The van der Waals surface area contributed by atoms with Crippen LogP contribution in [0.1, 0.15) is 42.7 Å². The van der Waals surface area contributed by atoms with Crippen molar-refractivity contribution in [3.05, 3.63) is 16.0 Å². The molecule has 0 atom stereocenters. The van der Waals surface area contributed by atoms with E-state index in [1.807, 2.05) is 11.3 Å². The molecule has 1 aromatic heterocycles. The maximum absolute atomic E-state index is 9.33. The Morgan fingerprint density at radius 2 is 1.94 bits per heavy atom. The maximum atomic E-state index is 9.33. The van der Waals surface area contributed by atoms with Gasteiger partial charge in [0.1, 0.15) is 11.1 Å². The third kappa shape index (κ3) is 1.82. The summed E-state index contributed by atoms with van der Waals surface area (Å²) < 4.78 is 0. The van der Waals surface area contributed by atoms with Crippen LogP contribution in [-0.4, -0.2) is 13.1 Å². The molecule has 16 heavy (non-hydrogen) atoms. The summed E-state index contributed by atoms with van der Waals surface area (Å²) in [6, 6.07) is 2.42. The van der Waals surface area contributed by atoms with Crippen molar-refractivity contribution in [3.63, 3.8) is 0 Å². The minimum absolute atomic E-state index is 0.950. The molecule has 86 valence electrons. The van der Waals surface area contributed by atoms with Crippen LogP contribution in [0.15, 0.2) is 0 Å². The Morgan fingerprint density at radius 3 is 2.44 bits per heavy atom. The highest BCUT2D eigenvalue weighted by atomic mass is 32.1. The lowest BCUT2D eigenvalue weighted by atomic mass is 10.1. The van der Waals surface area contributed by atoms with Gasteiger partial charge in [0.15, 0.2) is 0 Å². The van der Waals surface area contributed by atoms with Crippen LogP contribution in [0.2, 0.25) is 0 Å². The summed E-state index contributed by atoms with van der Waals surface area (Å²) in [7, 11) is 0. The van der Waals surface area contributed by atoms with Crippen molar-refractivity contribution in [1.29, 1.82) is 5.26 Å². The Balaban J connectivity index is 2.44. The van der Waals surface area contributed by atoms with Gasteiger partial charge < -0.3 is 4.90 Å². The molecule has 1 fully saturated rings. The van der Waals surface area contributed by atoms with Gasteiger partial charge >= 0.3 is 0 Å². The second-order valence-electron chi connectivity index (χ2n) is 4.20. The third-order valence-corrected chi connectivity index (χ3v) is 4.69. The summed E-state index contributed by atoms with van der Waals surface area (Å²) in [5.41, 5.74) is 2.24. The van der Waals surface area contributed by atoms with E-state index in [1.54, 1.807) is 0 Å². The average molecular weight is 234 g/mol. The first-order chi connectivity index (χ1) is 7.81. The number of aryl methyl sites for hydroxylation is 1. The molecule has 1 aliphatic rings. The van der Waals surface area contributed by atoms with E-state index in [9.17, 15) is 5.26 Å². The first-order valence-corrected chi connectivity index (χ1v) is 6.93. The summed E-state index contributed by atoms with van der Waals surface area (Å²) in [6.07, 6.45) is 4.57. The van der Waals surface area contributed by atoms with Gasteiger partial charge in [0.25, 0.3) is 0 Å². The second kappa shape index (κ2) is 4.88. The number of nitrogens with zero attached hydrogens (tertiary/aromatic N) is 2. The van der Waals surface area contributed by atoms with Gasteiger partial charge in [0.05, 0.1) is 5.56 Å². The molecule has 3 heteroatoms. The number of nitriles is 1. The Labute approximate surface area is 102 Å². The number of hydrogen-bond acceptors (Lipinski definition) is 3. The van der Waals surface area contributed by atoms with Crippen LogP contribution in [0.4, 0.5) is 5.00 Å². The molecule has 2 rings (SSSR count). The van der Waals surface area contributed by atoms with Gasteiger partial charge in [-0.3, -0.25) is 0 Å². The summed E-state index contributed by atoms with van der Waals surface area (Å²) in [6.45, 7) is 6.58. The van der Waals surface area contributed by atoms with Crippen molar-refractivity contribution in [2.45, 2.75) is 39.5 Å². The standard InChI is InChI=1S/C13H18N2S/c1-3-10-11(9-14)13(16-12(10)4-2)15-7-5-6-8-15/h3-8H2,1-2H3. The molecule has 1 aromatic rings. The Morgan fingerprint density at radius 1 is 1.25 bits per heavy atom. The van der Waals surface area contributed by atoms with Gasteiger partial charge in [-0.05, 0) is 31.2 Å². The van der Waals surface area contributed by atoms with Crippen LogP contribution in [-0.2, 0) is 12.8 Å². The first kappa shape index (κ1) is 11.5. The van der Waals surface area contributed by atoms with E-state index in [0.29, 0.717) is 0 Å². The van der Waals surface area contributed by atoms with E-state index in [2.05, 4.69) is 24.8 Å². The summed E-state index contributed by atoms with van der Waals surface area (Å²) >= 11 is 1.84. The zero-order valence-corrected chi connectivity index (χ0v) is 10.9. The topological polar surface area (TPSA) is 27.0 Å². The summed E-state index contributed by atoms with van der Waals surface area (Å²) in [5, 5.41) is 10.6. The minimum atomic E-state index is 0.950. The Bertz CT molecular complexity index is 408. The van der Waals surface area contributed by atoms with E-state index in [1.165, 1.54) is 28.3 Å². The minimum Gasteiger partial charge on any atom is -0.362 e. The molecule has 0 saturated carbocycles. The Kier molecular flexibility index (Phi) is 3.50. The monoisotopic (exact) mass is 234 g/mol. The van der Waals surface area contributed by atoms with Gasteiger partial charge in [-0.25, -0.2) is 0 Å². The second-order valence-corrected chi connectivity index (χ2v) is 5.28. The quantitative estimate of drug-likeness (QED) is 0.802. The molecule has 0 N–H and O–H groups in total. The molecular weight excluding hydrogens is 216 g/mol. The van der Waals surface area contributed by atoms with Crippen molar-refractivity contribution < 1.29 is 0 Å². The largest absolute Gasteiger partial charge is 0.362 e. The molecule has 1 saturated heterocycles. The molecule has 0 aromatic carbocycles. The lowest BCUT2D eigenvalue weighted by Crippen LogP contribution is -2.17. The lowest BCUT2D eigenvalue weighted by Gasteiger charge is -2.15. The number of anilines is 1. The number of thiophene rings is 1. The SMILES string of the molecule is CCc1sc(N2CCCC2)c(C#N)c1CC. The molecule has 2 nitrogen and oxygen atoms in total. The van der Waals surface area contributed by atoms with E-state index in [4.69, 9.17) is 0 Å². The zero-order valence-electron chi connectivity index (χ0n) is 10.0. The molecule has 0 spiro atoms. The molecule has 0 unspecified atom stereocenters. The molecular formula is C13H18N2S. The molecule has 0 aliphatic carbocycles. The smallest absolute Gasteiger partial charge is 0.110 e. The van der Waals surface area contributed by atoms with E-state index in [0.717, 1.165) is 31.5 Å². The van der Waals surface area contributed by atoms with Crippen molar-refractivity contribution >= 4 is 16.3 Å². The number of rotatable bonds is 3. The predicted molar refractivity (Wildman–Crippen MR) is 69.2 cm³/mol. The predicted octanol–water partition coefficient (Wildman–Crippen LogP) is 3.34. The summed E-state index contributed by atoms with van der Waals surface area (Å²) in [5.74, 6) is 0. The highest BCUT2D eigenvalue weighted by Crippen LogP contribution is 2.37. The zero-order chi connectivity index (χ0) is 11.5. The van der Waals surface area contributed by atoms with Crippen molar-refractivity contribution in [3.8, 4) is 6.07 Å². The fraction of sp³-hybridized carbons (Fsp3) is 0.615. The van der Waals surface area contributed by atoms with E-state index in [-0.39, 0.29) is 0 Å². The highest BCUT2D eigenvalue weighted by molar-refractivity contribution is 7.16. The molecule has 0 amide bonds. The van der Waals surface area contributed by atoms with E-state index < -0.39 is 0 Å². The van der Waals surface area contributed by atoms with Crippen molar-refractivity contribution in [2.24, 2.45) is 0 Å². The van der Waals surface area contributed by atoms with Gasteiger partial charge in [-0.15, -0.1) is 11.3 Å². The maximum Gasteiger partial charge on any atom is 0.110 e. The van der Waals surface area contributed by atoms with Crippen LogP contribution in [0.5, 0.6) is 0 Å². The highest BCUT2D eigenvalue weighted by Gasteiger charge is 2.22. The third-order valence-electron chi connectivity index (χ3n) is 3.25. The van der Waals surface area contributed by atoms with Crippen LogP contribution in [0, 0.1) is 11.3 Å². The fourth-order valence-electron chi connectivity index (χ4n) is 2.42. The molecule has 0 radical (unpaired) electrons. The van der Waals surface area contributed by atoms with Gasteiger partial charge in [-0.2, -0.15) is 5.26 Å². The van der Waals surface area contributed by atoms with Gasteiger partial charge in [0, 0.05) is 18.0 Å². The fourth-order valence-corrected chi connectivity index (χ4v) is 3.75. The van der Waals surface area contributed by atoms with Crippen LogP contribution >= 0.6 is 11.3 Å². The molecule has 0 bridgehead atoms. The van der Waals surface area contributed by atoms with Crippen molar-refractivity contribution in [1.82, 2.24) is 0 Å². The van der Waals surface area contributed by atoms with E-state index >= 15 is 0 Å². The first-order valence-electron chi connectivity index (χ1n) is 6.11. The normalized spacial score (nSPS) is 15.4. The Hall–Kier alpha value is -1.01. The summed E-state index contributed by atoms with van der Waals surface area (Å²) in [4.78, 5) is 3.79.